The van der Waals surface area contributed by atoms with E-state index in [9.17, 15) is 5.11 Å². The maximum absolute atomic E-state index is 9.33. The first-order valence-electron chi connectivity index (χ1n) is 3.24. The third kappa shape index (κ3) is 1.47. The zero-order valence-electron chi connectivity index (χ0n) is 6.13. The van der Waals surface area contributed by atoms with Gasteiger partial charge < -0.3 is 10.2 Å². The smallest absolute Gasteiger partial charge is 0.125 e. The molecule has 0 bridgehead atoms. The van der Waals surface area contributed by atoms with Crippen molar-refractivity contribution in [2.75, 3.05) is 0 Å². The monoisotopic (exact) mass is 172 g/mol. The van der Waals surface area contributed by atoms with Gasteiger partial charge in [0.15, 0.2) is 0 Å². The minimum absolute atomic E-state index is 0.0833. The van der Waals surface area contributed by atoms with Crippen LogP contribution in [0, 0.1) is 6.92 Å². The maximum atomic E-state index is 9.33. The molecule has 60 valence electrons. The zero-order chi connectivity index (χ0) is 8.43. The topological polar surface area (TPSA) is 40.5 Å². The number of phenols is 1. The largest absolute Gasteiger partial charge is 0.507 e. The Morgan fingerprint density at radius 2 is 2.09 bits per heavy atom. The van der Waals surface area contributed by atoms with E-state index in [0.29, 0.717) is 10.6 Å². The summed E-state index contributed by atoms with van der Waals surface area (Å²) in [6.07, 6.45) is 0. The van der Waals surface area contributed by atoms with Gasteiger partial charge in [-0.2, -0.15) is 0 Å². The summed E-state index contributed by atoms with van der Waals surface area (Å²) in [5.41, 5.74) is 1.12. The van der Waals surface area contributed by atoms with E-state index >= 15 is 0 Å². The van der Waals surface area contributed by atoms with Gasteiger partial charge in [0.25, 0.3) is 0 Å². The van der Waals surface area contributed by atoms with Gasteiger partial charge in [0.05, 0.1) is 6.61 Å². The first-order valence-corrected chi connectivity index (χ1v) is 3.62. The van der Waals surface area contributed by atoms with Crippen molar-refractivity contribution >= 4 is 11.6 Å². The number of hydrogen-bond donors (Lipinski definition) is 2. The summed E-state index contributed by atoms with van der Waals surface area (Å²) in [6.45, 7) is 1.52. The molecule has 0 aliphatic rings. The highest BCUT2D eigenvalue weighted by Crippen LogP contribution is 2.28. The van der Waals surface area contributed by atoms with Gasteiger partial charge >= 0.3 is 0 Å². The van der Waals surface area contributed by atoms with E-state index in [-0.39, 0.29) is 12.4 Å². The molecule has 0 radical (unpaired) electrons. The van der Waals surface area contributed by atoms with E-state index in [0.717, 1.165) is 5.56 Å². The molecule has 0 saturated carbocycles. The molecule has 0 aliphatic carbocycles. The van der Waals surface area contributed by atoms with Crippen molar-refractivity contribution < 1.29 is 10.2 Å². The molecule has 0 unspecified atom stereocenters. The number of rotatable bonds is 1. The fourth-order valence-electron chi connectivity index (χ4n) is 0.879. The Kier molecular flexibility index (Phi) is 2.37. The van der Waals surface area contributed by atoms with Crippen molar-refractivity contribution in [2.45, 2.75) is 13.5 Å². The van der Waals surface area contributed by atoms with Crippen LogP contribution in [0.4, 0.5) is 0 Å². The summed E-state index contributed by atoms with van der Waals surface area (Å²) in [7, 11) is 0. The Morgan fingerprint density at radius 3 is 2.55 bits per heavy atom. The molecule has 0 heterocycles. The first kappa shape index (κ1) is 8.37. The van der Waals surface area contributed by atoms with E-state index in [1.165, 1.54) is 0 Å². The SMILES string of the molecule is Cc1ccc(Cl)c(CO)c1O. The fourth-order valence-corrected chi connectivity index (χ4v) is 1.09. The number of benzene rings is 1. The van der Waals surface area contributed by atoms with E-state index in [1.807, 2.05) is 0 Å². The molecule has 1 aromatic rings. The molecule has 0 spiro atoms. The molecule has 3 heteroatoms. The molecule has 1 rings (SSSR count). The van der Waals surface area contributed by atoms with Crippen LogP contribution in [-0.2, 0) is 6.61 Å². The van der Waals surface area contributed by atoms with Gasteiger partial charge in [-0.25, -0.2) is 0 Å². The van der Waals surface area contributed by atoms with Gasteiger partial charge in [-0.05, 0) is 18.6 Å². The van der Waals surface area contributed by atoms with Crippen molar-refractivity contribution in [2.24, 2.45) is 0 Å². The zero-order valence-corrected chi connectivity index (χ0v) is 6.89. The van der Waals surface area contributed by atoms with Gasteiger partial charge in [-0.15, -0.1) is 0 Å². The average Bonchev–Trinajstić information content (AvgIpc) is 1.99. The van der Waals surface area contributed by atoms with Crippen LogP contribution < -0.4 is 0 Å². The molecular formula is C8H9ClO2. The molecule has 2 nitrogen and oxygen atoms in total. The summed E-state index contributed by atoms with van der Waals surface area (Å²) in [5.74, 6) is 0.0833. The molecule has 0 atom stereocenters. The van der Waals surface area contributed by atoms with Crippen LogP contribution in [0.2, 0.25) is 5.02 Å². The minimum Gasteiger partial charge on any atom is -0.507 e. The van der Waals surface area contributed by atoms with Crippen molar-refractivity contribution in [3.63, 3.8) is 0 Å². The van der Waals surface area contributed by atoms with Gasteiger partial charge in [-0.1, -0.05) is 17.7 Å². The van der Waals surface area contributed by atoms with Crippen LogP contribution in [0.1, 0.15) is 11.1 Å². The van der Waals surface area contributed by atoms with Gasteiger partial charge in [0, 0.05) is 10.6 Å². The molecule has 0 aliphatic heterocycles. The van der Waals surface area contributed by atoms with Crippen molar-refractivity contribution in [3.8, 4) is 5.75 Å². The molecule has 2 N–H and O–H groups in total. The van der Waals surface area contributed by atoms with Crippen LogP contribution >= 0.6 is 11.6 Å². The minimum atomic E-state index is -0.230. The normalized spacial score (nSPS) is 10.1. The fraction of sp³-hybridized carbons (Fsp3) is 0.250. The number of hydrogen-bond acceptors (Lipinski definition) is 2. The number of aromatic hydroxyl groups is 1. The van der Waals surface area contributed by atoms with E-state index in [1.54, 1.807) is 19.1 Å². The number of aryl methyl sites for hydroxylation is 1. The molecular weight excluding hydrogens is 164 g/mol. The quantitative estimate of drug-likeness (QED) is 0.679. The summed E-state index contributed by atoms with van der Waals surface area (Å²) in [4.78, 5) is 0. The van der Waals surface area contributed by atoms with Crippen molar-refractivity contribution in [3.05, 3.63) is 28.3 Å². The third-order valence-corrected chi connectivity index (χ3v) is 1.94. The second-order valence-corrected chi connectivity index (χ2v) is 2.76. The maximum Gasteiger partial charge on any atom is 0.125 e. The lowest BCUT2D eigenvalue weighted by Gasteiger charge is -2.05. The molecule has 0 aromatic heterocycles. The van der Waals surface area contributed by atoms with Crippen LogP contribution in [0.3, 0.4) is 0 Å². The summed E-state index contributed by atoms with van der Waals surface area (Å²) in [6, 6.07) is 3.36. The van der Waals surface area contributed by atoms with Gasteiger partial charge in [0.1, 0.15) is 5.75 Å². The van der Waals surface area contributed by atoms with Crippen LogP contribution in [-0.4, -0.2) is 10.2 Å². The predicted octanol–water partition coefficient (Wildman–Crippen LogP) is 1.85. The highest BCUT2D eigenvalue weighted by molar-refractivity contribution is 6.31. The van der Waals surface area contributed by atoms with Gasteiger partial charge in [-0.3, -0.25) is 0 Å². The Labute approximate surface area is 70.1 Å². The lowest BCUT2D eigenvalue weighted by molar-refractivity contribution is 0.275. The Morgan fingerprint density at radius 1 is 1.45 bits per heavy atom. The number of aliphatic hydroxyl groups is 1. The lowest BCUT2D eigenvalue weighted by atomic mass is 10.1. The standard InChI is InChI=1S/C8H9ClO2/c1-5-2-3-7(9)6(4-10)8(5)11/h2-3,10-11H,4H2,1H3. The molecule has 0 amide bonds. The third-order valence-electron chi connectivity index (χ3n) is 1.59. The highest BCUT2D eigenvalue weighted by Gasteiger charge is 2.06. The summed E-state index contributed by atoms with van der Waals surface area (Å²) in [5, 5.41) is 18.5. The molecule has 11 heavy (non-hydrogen) atoms. The van der Waals surface area contributed by atoms with E-state index in [2.05, 4.69) is 0 Å². The molecule has 1 aromatic carbocycles. The average molecular weight is 173 g/mol. The Bertz CT molecular complexity index is 271. The second kappa shape index (κ2) is 3.11. The van der Waals surface area contributed by atoms with Gasteiger partial charge in [0.2, 0.25) is 0 Å². The first-order chi connectivity index (χ1) is 5.16. The highest BCUT2D eigenvalue weighted by atomic mass is 35.5. The van der Waals surface area contributed by atoms with E-state index in [4.69, 9.17) is 16.7 Å². The summed E-state index contributed by atoms with van der Waals surface area (Å²) < 4.78 is 0. The predicted molar refractivity (Wildman–Crippen MR) is 43.8 cm³/mol. The molecule has 0 fully saturated rings. The van der Waals surface area contributed by atoms with Crippen LogP contribution in [0.5, 0.6) is 5.75 Å². The summed E-state index contributed by atoms with van der Waals surface area (Å²) >= 11 is 5.68. The Balaban J connectivity index is 3.29. The van der Waals surface area contributed by atoms with Crippen LogP contribution in [0.25, 0.3) is 0 Å². The number of aliphatic hydroxyl groups excluding tert-OH is 1. The second-order valence-electron chi connectivity index (χ2n) is 2.35. The van der Waals surface area contributed by atoms with Crippen molar-refractivity contribution in [1.29, 1.82) is 0 Å². The van der Waals surface area contributed by atoms with Crippen LogP contribution in [0.15, 0.2) is 12.1 Å². The van der Waals surface area contributed by atoms with E-state index < -0.39 is 0 Å². The lowest BCUT2D eigenvalue weighted by Crippen LogP contribution is -1.87. The number of halogens is 1. The van der Waals surface area contributed by atoms with Crippen molar-refractivity contribution in [1.82, 2.24) is 0 Å². The Hall–Kier alpha value is -0.730. The molecule has 0 saturated heterocycles.